The van der Waals surface area contributed by atoms with E-state index in [1.807, 2.05) is 13.8 Å². The lowest BCUT2D eigenvalue weighted by molar-refractivity contribution is -0.147. The standard InChI is InChI=1S/C29H45BrO4/c1-19(8-6-14-28(3,4)33)24-12-13-25-21(9-7-15-29(24,25)5)10-11-22-16-23(34-27(32)18-30)17-26(31)20(22)2/h10-11,19,23-26,31,33H,2,6-9,12-18H2,1,3-5H3/b21-10+,22-11+/t19-,23-,24-,25+,26+,29-/m1/s1. The molecule has 6 atom stereocenters. The molecule has 4 nitrogen and oxygen atoms in total. The number of allylic oxidation sites excluding steroid dienone is 3. The minimum Gasteiger partial charge on any atom is -0.461 e. The summed E-state index contributed by atoms with van der Waals surface area (Å²) in [6, 6.07) is 0. The molecule has 2 N–H and O–H groups in total. The number of aliphatic hydroxyl groups excluding tert-OH is 1. The number of hydrogen-bond acceptors (Lipinski definition) is 4. The molecule has 0 amide bonds. The van der Waals surface area contributed by atoms with Crippen molar-refractivity contribution in [1.29, 1.82) is 0 Å². The Morgan fingerprint density at radius 3 is 2.76 bits per heavy atom. The van der Waals surface area contributed by atoms with Crippen molar-refractivity contribution in [2.45, 2.75) is 110 Å². The molecule has 0 heterocycles. The Balaban J connectivity index is 1.71. The van der Waals surface area contributed by atoms with Gasteiger partial charge in [0.05, 0.1) is 11.7 Å². The van der Waals surface area contributed by atoms with Gasteiger partial charge in [0.2, 0.25) is 0 Å². The number of halogens is 1. The molecule has 34 heavy (non-hydrogen) atoms. The van der Waals surface area contributed by atoms with Crippen molar-refractivity contribution in [2.24, 2.45) is 23.2 Å². The highest BCUT2D eigenvalue weighted by Crippen LogP contribution is 2.60. The zero-order valence-corrected chi connectivity index (χ0v) is 23.2. The zero-order chi connectivity index (χ0) is 25.1. The quantitative estimate of drug-likeness (QED) is 0.269. The Labute approximate surface area is 215 Å². The molecule has 3 aliphatic rings. The molecule has 0 aromatic heterocycles. The van der Waals surface area contributed by atoms with E-state index in [0.29, 0.717) is 30.1 Å². The second-order valence-corrected chi connectivity index (χ2v) is 12.5. The Morgan fingerprint density at radius 1 is 1.35 bits per heavy atom. The molecular weight excluding hydrogens is 492 g/mol. The molecular formula is C29H45BrO4. The van der Waals surface area contributed by atoms with Crippen molar-refractivity contribution in [2.75, 3.05) is 5.33 Å². The summed E-state index contributed by atoms with van der Waals surface area (Å²) in [4.78, 5) is 11.7. The van der Waals surface area contributed by atoms with Gasteiger partial charge in [0.25, 0.3) is 0 Å². The summed E-state index contributed by atoms with van der Waals surface area (Å²) < 4.78 is 5.50. The van der Waals surface area contributed by atoms with Crippen molar-refractivity contribution < 1.29 is 19.7 Å². The average molecular weight is 538 g/mol. The normalized spacial score (nSPS) is 35.4. The smallest absolute Gasteiger partial charge is 0.316 e. The van der Waals surface area contributed by atoms with Crippen LogP contribution in [0, 0.1) is 23.2 Å². The summed E-state index contributed by atoms with van der Waals surface area (Å²) in [5, 5.41) is 20.7. The van der Waals surface area contributed by atoms with Crippen molar-refractivity contribution in [3.8, 4) is 0 Å². The molecule has 0 aliphatic heterocycles. The van der Waals surface area contributed by atoms with Crippen LogP contribution in [-0.2, 0) is 9.53 Å². The number of alkyl halides is 1. The van der Waals surface area contributed by atoms with Gasteiger partial charge in [-0.2, -0.15) is 0 Å². The lowest BCUT2D eigenvalue weighted by Crippen LogP contribution is -2.36. The van der Waals surface area contributed by atoms with Gasteiger partial charge in [0.15, 0.2) is 0 Å². The van der Waals surface area contributed by atoms with Gasteiger partial charge in [-0.15, -0.1) is 0 Å². The van der Waals surface area contributed by atoms with Gasteiger partial charge in [-0.3, -0.25) is 4.79 Å². The van der Waals surface area contributed by atoms with Gasteiger partial charge >= 0.3 is 5.97 Å². The van der Waals surface area contributed by atoms with Crippen LogP contribution in [0.4, 0.5) is 0 Å². The Bertz CT molecular complexity index is 807. The fourth-order valence-electron chi connectivity index (χ4n) is 7.03. The first-order chi connectivity index (χ1) is 15.9. The minimum absolute atomic E-state index is 0.168. The van der Waals surface area contributed by atoms with Gasteiger partial charge < -0.3 is 14.9 Å². The SMILES string of the molecule is C=C1/C(=C/C=C2\CCC[C@]3(C)[C@@H]([C@H](C)CCCC(C)(C)O)CC[C@@H]23)C[C@@H](OC(=O)CBr)C[C@@H]1O. The largest absolute Gasteiger partial charge is 0.461 e. The predicted octanol–water partition coefficient (Wildman–Crippen LogP) is 6.65. The van der Waals surface area contributed by atoms with E-state index < -0.39 is 11.7 Å². The van der Waals surface area contributed by atoms with Crippen LogP contribution in [0.5, 0.6) is 0 Å². The average Bonchev–Trinajstić information content (AvgIpc) is 3.11. The van der Waals surface area contributed by atoms with Crippen molar-refractivity contribution in [1.82, 2.24) is 0 Å². The molecule has 5 heteroatoms. The lowest BCUT2D eigenvalue weighted by atomic mass is 9.60. The number of ether oxygens (including phenoxy) is 1. The molecule has 3 rings (SSSR count). The van der Waals surface area contributed by atoms with Crippen LogP contribution in [0.2, 0.25) is 0 Å². The topological polar surface area (TPSA) is 66.8 Å². The van der Waals surface area contributed by atoms with E-state index in [2.05, 4.69) is 48.5 Å². The Hall–Kier alpha value is -0.910. The molecule has 0 spiro atoms. The summed E-state index contributed by atoms with van der Waals surface area (Å²) in [5.41, 5.74) is 3.06. The summed E-state index contributed by atoms with van der Waals surface area (Å²) in [7, 11) is 0. The van der Waals surface area contributed by atoms with Crippen LogP contribution in [0.1, 0.15) is 91.9 Å². The fraction of sp³-hybridized carbons (Fsp3) is 0.759. The number of fused-ring (bicyclic) bond motifs is 1. The van der Waals surface area contributed by atoms with E-state index >= 15 is 0 Å². The number of aliphatic hydroxyl groups is 2. The summed E-state index contributed by atoms with van der Waals surface area (Å²) in [6.45, 7) is 12.9. The first kappa shape index (κ1) is 27.7. The highest BCUT2D eigenvalue weighted by molar-refractivity contribution is 9.09. The van der Waals surface area contributed by atoms with Crippen molar-refractivity contribution >= 4 is 21.9 Å². The number of carbonyl (C=O) groups is 1. The molecule has 192 valence electrons. The van der Waals surface area contributed by atoms with Crippen molar-refractivity contribution in [3.05, 3.63) is 35.5 Å². The first-order valence-electron chi connectivity index (χ1n) is 13.2. The van der Waals surface area contributed by atoms with Crippen LogP contribution >= 0.6 is 15.9 Å². The van der Waals surface area contributed by atoms with E-state index in [0.717, 1.165) is 36.3 Å². The molecule has 0 aromatic rings. The predicted molar refractivity (Wildman–Crippen MR) is 142 cm³/mol. The number of rotatable bonds is 8. The van der Waals surface area contributed by atoms with Crippen LogP contribution < -0.4 is 0 Å². The number of hydrogen-bond donors (Lipinski definition) is 2. The fourth-order valence-corrected chi connectivity index (χ4v) is 7.16. The van der Waals surface area contributed by atoms with Crippen LogP contribution in [-0.4, -0.2) is 39.3 Å². The third-order valence-electron chi connectivity index (χ3n) is 8.83. The number of carbonyl (C=O) groups excluding carboxylic acids is 1. The summed E-state index contributed by atoms with van der Waals surface area (Å²) in [5.74, 6) is 1.73. The van der Waals surface area contributed by atoms with Crippen LogP contribution in [0.15, 0.2) is 35.5 Å². The maximum Gasteiger partial charge on any atom is 0.316 e. The van der Waals surface area contributed by atoms with E-state index in [4.69, 9.17) is 4.74 Å². The zero-order valence-electron chi connectivity index (χ0n) is 21.6. The van der Waals surface area contributed by atoms with Crippen molar-refractivity contribution in [3.63, 3.8) is 0 Å². The molecule has 0 unspecified atom stereocenters. The Morgan fingerprint density at radius 2 is 2.09 bits per heavy atom. The monoisotopic (exact) mass is 536 g/mol. The molecule has 3 fully saturated rings. The van der Waals surface area contributed by atoms with Gasteiger partial charge in [-0.05, 0) is 86.7 Å². The van der Waals surface area contributed by atoms with Gasteiger partial charge in [-0.25, -0.2) is 0 Å². The summed E-state index contributed by atoms with van der Waals surface area (Å²) in [6.07, 6.45) is 13.8. The lowest BCUT2D eigenvalue weighted by Gasteiger charge is -2.44. The summed E-state index contributed by atoms with van der Waals surface area (Å²) >= 11 is 3.14. The molecule has 0 bridgehead atoms. The molecule has 3 saturated carbocycles. The Kier molecular flexibility index (Phi) is 9.30. The molecule has 3 aliphatic carbocycles. The second-order valence-electron chi connectivity index (χ2n) is 11.9. The maximum atomic E-state index is 11.7. The third kappa shape index (κ3) is 6.64. The van der Waals surface area contributed by atoms with E-state index in [1.165, 1.54) is 37.7 Å². The molecule has 0 radical (unpaired) electrons. The van der Waals surface area contributed by atoms with Gasteiger partial charge in [-0.1, -0.05) is 66.9 Å². The highest BCUT2D eigenvalue weighted by atomic mass is 79.9. The molecule has 0 aromatic carbocycles. The second kappa shape index (κ2) is 11.4. The third-order valence-corrected chi connectivity index (χ3v) is 9.28. The van der Waals surface area contributed by atoms with Gasteiger partial charge in [0, 0.05) is 12.8 Å². The van der Waals surface area contributed by atoms with E-state index in [1.54, 1.807) is 0 Å². The van der Waals surface area contributed by atoms with E-state index in [-0.39, 0.29) is 17.4 Å². The number of esters is 1. The van der Waals surface area contributed by atoms with Crippen LogP contribution in [0.25, 0.3) is 0 Å². The van der Waals surface area contributed by atoms with Gasteiger partial charge in [0.1, 0.15) is 11.4 Å². The van der Waals surface area contributed by atoms with E-state index in [9.17, 15) is 15.0 Å². The minimum atomic E-state index is -0.663. The maximum absolute atomic E-state index is 11.7. The van der Waals surface area contributed by atoms with Crippen LogP contribution in [0.3, 0.4) is 0 Å². The highest BCUT2D eigenvalue weighted by Gasteiger charge is 2.50. The molecule has 0 saturated heterocycles. The first-order valence-corrected chi connectivity index (χ1v) is 14.3.